The molecular formula is C11H12N2O. The summed E-state index contributed by atoms with van der Waals surface area (Å²) >= 11 is 0. The highest BCUT2D eigenvalue weighted by atomic mass is 16.5. The molecule has 0 aliphatic carbocycles. The standard InChI is InChI=1S/C11H12N2O/c1-2-14-10-6-5-9-8(11(10)12)4-3-7-13-9/h3-7H,2,12H2,1H3. The van der Waals surface area contributed by atoms with E-state index < -0.39 is 0 Å². The van der Waals surface area contributed by atoms with E-state index in [-0.39, 0.29) is 0 Å². The van der Waals surface area contributed by atoms with Crippen molar-refractivity contribution >= 4 is 16.6 Å². The van der Waals surface area contributed by atoms with Crippen LogP contribution in [-0.4, -0.2) is 11.6 Å². The largest absolute Gasteiger partial charge is 0.492 e. The Kier molecular flexibility index (Phi) is 2.23. The lowest BCUT2D eigenvalue weighted by Gasteiger charge is -2.08. The van der Waals surface area contributed by atoms with Gasteiger partial charge in [0.25, 0.3) is 0 Å². The van der Waals surface area contributed by atoms with Crippen molar-refractivity contribution < 1.29 is 4.74 Å². The average Bonchev–Trinajstić information content (AvgIpc) is 2.23. The van der Waals surface area contributed by atoms with E-state index in [0.29, 0.717) is 12.3 Å². The predicted octanol–water partition coefficient (Wildman–Crippen LogP) is 2.22. The molecule has 1 aromatic heterocycles. The van der Waals surface area contributed by atoms with Gasteiger partial charge in [0.1, 0.15) is 5.75 Å². The van der Waals surface area contributed by atoms with Crippen molar-refractivity contribution in [2.45, 2.75) is 6.92 Å². The number of nitrogens with two attached hydrogens (primary N) is 1. The summed E-state index contributed by atoms with van der Waals surface area (Å²) in [5.41, 5.74) is 7.50. The lowest BCUT2D eigenvalue weighted by Crippen LogP contribution is -1.97. The molecule has 0 atom stereocenters. The van der Waals surface area contributed by atoms with Gasteiger partial charge in [-0.3, -0.25) is 4.98 Å². The van der Waals surface area contributed by atoms with Crippen LogP contribution in [0.15, 0.2) is 30.5 Å². The molecule has 2 aromatic rings. The Hall–Kier alpha value is -1.77. The summed E-state index contributed by atoms with van der Waals surface area (Å²) < 4.78 is 5.39. The second-order valence-electron chi connectivity index (χ2n) is 2.98. The first kappa shape index (κ1) is 8.81. The molecule has 0 spiro atoms. The fourth-order valence-electron chi connectivity index (χ4n) is 1.44. The first-order valence-electron chi connectivity index (χ1n) is 4.59. The molecule has 0 saturated carbocycles. The maximum absolute atomic E-state index is 5.94. The highest BCUT2D eigenvalue weighted by Crippen LogP contribution is 2.29. The van der Waals surface area contributed by atoms with E-state index in [1.807, 2.05) is 31.2 Å². The van der Waals surface area contributed by atoms with Gasteiger partial charge in [0.05, 0.1) is 17.8 Å². The third-order valence-electron chi connectivity index (χ3n) is 2.09. The number of anilines is 1. The molecule has 3 nitrogen and oxygen atoms in total. The Morgan fingerprint density at radius 2 is 2.21 bits per heavy atom. The number of hydrogen-bond donors (Lipinski definition) is 1. The zero-order valence-corrected chi connectivity index (χ0v) is 8.03. The van der Waals surface area contributed by atoms with E-state index in [1.54, 1.807) is 6.20 Å². The molecule has 0 fully saturated rings. The maximum Gasteiger partial charge on any atom is 0.142 e. The minimum atomic E-state index is 0.621. The van der Waals surface area contributed by atoms with E-state index in [0.717, 1.165) is 16.7 Å². The summed E-state index contributed by atoms with van der Waals surface area (Å²) in [6, 6.07) is 7.58. The van der Waals surface area contributed by atoms with E-state index in [1.165, 1.54) is 0 Å². The van der Waals surface area contributed by atoms with Crippen LogP contribution in [0.3, 0.4) is 0 Å². The highest BCUT2D eigenvalue weighted by Gasteiger charge is 2.04. The van der Waals surface area contributed by atoms with Gasteiger partial charge >= 0.3 is 0 Å². The van der Waals surface area contributed by atoms with Gasteiger partial charge in [0.2, 0.25) is 0 Å². The molecule has 1 aromatic carbocycles. The molecule has 3 heteroatoms. The molecule has 0 aliphatic heterocycles. The molecule has 0 unspecified atom stereocenters. The molecule has 0 amide bonds. The zero-order valence-electron chi connectivity index (χ0n) is 8.03. The second-order valence-corrected chi connectivity index (χ2v) is 2.98. The summed E-state index contributed by atoms with van der Waals surface area (Å²) in [4.78, 5) is 4.21. The van der Waals surface area contributed by atoms with Crippen LogP contribution < -0.4 is 10.5 Å². The monoisotopic (exact) mass is 188 g/mol. The number of fused-ring (bicyclic) bond motifs is 1. The van der Waals surface area contributed by atoms with Gasteiger partial charge in [-0.2, -0.15) is 0 Å². The van der Waals surface area contributed by atoms with Crippen LogP contribution in [0.1, 0.15) is 6.92 Å². The first-order chi connectivity index (χ1) is 6.83. The zero-order chi connectivity index (χ0) is 9.97. The van der Waals surface area contributed by atoms with Crippen molar-refractivity contribution in [1.29, 1.82) is 0 Å². The third kappa shape index (κ3) is 1.37. The van der Waals surface area contributed by atoms with Crippen molar-refractivity contribution in [2.24, 2.45) is 0 Å². The number of nitrogen functional groups attached to an aromatic ring is 1. The van der Waals surface area contributed by atoms with Crippen LogP contribution >= 0.6 is 0 Å². The van der Waals surface area contributed by atoms with Crippen molar-refractivity contribution in [2.75, 3.05) is 12.3 Å². The van der Waals surface area contributed by atoms with Crippen LogP contribution in [0, 0.1) is 0 Å². The van der Waals surface area contributed by atoms with Gasteiger partial charge in [-0.05, 0) is 31.2 Å². The van der Waals surface area contributed by atoms with Crippen LogP contribution in [0.5, 0.6) is 5.75 Å². The quantitative estimate of drug-likeness (QED) is 0.735. The first-order valence-corrected chi connectivity index (χ1v) is 4.59. The number of benzene rings is 1. The van der Waals surface area contributed by atoms with E-state index >= 15 is 0 Å². The van der Waals surface area contributed by atoms with Crippen LogP contribution in [0.2, 0.25) is 0 Å². The molecule has 72 valence electrons. The summed E-state index contributed by atoms with van der Waals surface area (Å²) in [7, 11) is 0. The lowest BCUT2D eigenvalue weighted by atomic mass is 10.2. The Morgan fingerprint density at radius 3 is 3.00 bits per heavy atom. The van der Waals surface area contributed by atoms with Gasteiger partial charge < -0.3 is 10.5 Å². The van der Waals surface area contributed by atoms with E-state index in [9.17, 15) is 0 Å². The SMILES string of the molecule is CCOc1ccc2ncccc2c1N. The van der Waals surface area contributed by atoms with Gasteiger partial charge in [-0.15, -0.1) is 0 Å². The Labute approximate surface area is 82.5 Å². The topological polar surface area (TPSA) is 48.1 Å². The Balaban J connectivity index is 2.63. The minimum absolute atomic E-state index is 0.621. The fraction of sp³-hybridized carbons (Fsp3) is 0.182. The fourth-order valence-corrected chi connectivity index (χ4v) is 1.44. The molecule has 2 N–H and O–H groups in total. The molecule has 14 heavy (non-hydrogen) atoms. The number of hydrogen-bond acceptors (Lipinski definition) is 3. The van der Waals surface area contributed by atoms with Gasteiger partial charge in [0, 0.05) is 11.6 Å². The number of rotatable bonds is 2. The maximum atomic E-state index is 5.94. The highest BCUT2D eigenvalue weighted by molar-refractivity contribution is 5.93. The van der Waals surface area contributed by atoms with Crippen LogP contribution in [0.4, 0.5) is 5.69 Å². The summed E-state index contributed by atoms with van der Waals surface area (Å²) in [5.74, 6) is 0.730. The molecule has 1 heterocycles. The van der Waals surface area contributed by atoms with Crippen molar-refractivity contribution in [3.8, 4) is 5.75 Å². The van der Waals surface area contributed by atoms with Crippen molar-refractivity contribution in [1.82, 2.24) is 4.98 Å². The van der Waals surface area contributed by atoms with E-state index in [4.69, 9.17) is 10.5 Å². The predicted molar refractivity (Wildman–Crippen MR) is 57.3 cm³/mol. The van der Waals surface area contributed by atoms with Crippen molar-refractivity contribution in [3.05, 3.63) is 30.5 Å². The molecule has 0 bridgehead atoms. The van der Waals surface area contributed by atoms with Crippen LogP contribution in [-0.2, 0) is 0 Å². The molecule has 2 rings (SSSR count). The average molecular weight is 188 g/mol. The number of pyridine rings is 1. The van der Waals surface area contributed by atoms with Crippen molar-refractivity contribution in [3.63, 3.8) is 0 Å². The minimum Gasteiger partial charge on any atom is -0.492 e. The second kappa shape index (κ2) is 3.54. The molecule has 0 radical (unpaired) electrons. The normalized spacial score (nSPS) is 10.4. The Morgan fingerprint density at radius 1 is 1.36 bits per heavy atom. The van der Waals surface area contributed by atoms with Gasteiger partial charge in [-0.1, -0.05) is 0 Å². The molecule has 0 saturated heterocycles. The number of nitrogens with zero attached hydrogens (tertiary/aromatic N) is 1. The third-order valence-corrected chi connectivity index (χ3v) is 2.09. The number of aromatic nitrogens is 1. The van der Waals surface area contributed by atoms with Crippen LogP contribution in [0.25, 0.3) is 10.9 Å². The summed E-state index contributed by atoms with van der Waals surface area (Å²) in [5, 5.41) is 0.943. The molecule has 0 aliphatic rings. The lowest BCUT2D eigenvalue weighted by molar-refractivity contribution is 0.342. The summed E-state index contributed by atoms with van der Waals surface area (Å²) in [6.07, 6.45) is 1.75. The van der Waals surface area contributed by atoms with Gasteiger partial charge in [0.15, 0.2) is 0 Å². The molecular weight excluding hydrogens is 176 g/mol. The van der Waals surface area contributed by atoms with Gasteiger partial charge in [-0.25, -0.2) is 0 Å². The summed E-state index contributed by atoms with van der Waals surface area (Å²) in [6.45, 7) is 2.56. The van der Waals surface area contributed by atoms with E-state index in [2.05, 4.69) is 4.98 Å². The number of ether oxygens (including phenoxy) is 1. The smallest absolute Gasteiger partial charge is 0.142 e. The Bertz CT molecular complexity index is 454.